The number of alkyl halides is 3. The van der Waals surface area contributed by atoms with Crippen molar-refractivity contribution in [2.75, 3.05) is 12.8 Å². The minimum Gasteiger partial charge on any atom is -0.399 e. The van der Waals surface area contributed by atoms with Gasteiger partial charge in [-0.15, -0.1) is 0 Å². The lowest BCUT2D eigenvalue weighted by molar-refractivity contribution is -0.137. The van der Waals surface area contributed by atoms with Crippen LogP contribution < -0.4 is 11.1 Å². The average molecular weight is 218 g/mol. The van der Waals surface area contributed by atoms with Gasteiger partial charge in [0.05, 0.1) is 11.1 Å². The molecule has 0 aromatic heterocycles. The molecule has 0 radical (unpaired) electrons. The van der Waals surface area contributed by atoms with Gasteiger partial charge in [0.15, 0.2) is 0 Å². The van der Waals surface area contributed by atoms with Crippen molar-refractivity contribution in [3.05, 3.63) is 29.3 Å². The predicted molar refractivity (Wildman–Crippen MR) is 49.2 cm³/mol. The number of halogens is 3. The number of hydrogen-bond acceptors (Lipinski definition) is 2. The highest BCUT2D eigenvalue weighted by Crippen LogP contribution is 2.32. The molecule has 0 heterocycles. The lowest BCUT2D eigenvalue weighted by atomic mass is 10.1. The maximum absolute atomic E-state index is 12.5. The summed E-state index contributed by atoms with van der Waals surface area (Å²) in [5.41, 5.74) is 3.97. The third-order valence-electron chi connectivity index (χ3n) is 1.82. The van der Waals surface area contributed by atoms with Gasteiger partial charge in [-0.2, -0.15) is 13.2 Å². The fraction of sp³-hybridized carbons (Fsp3) is 0.222. The summed E-state index contributed by atoms with van der Waals surface area (Å²) < 4.78 is 37.4. The highest BCUT2D eigenvalue weighted by atomic mass is 19.4. The summed E-state index contributed by atoms with van der Waals surface area (Å²) in [7, 11) is 1.26. The van der Waals surface area contributed by atoms with Crippen molar-refractivity contribution >= 4 is 11.6 Å². The zero-order valence-corrected chi connectivity index (χ0v) is 7.85. The van der Waals surface area contributed by atoms with Gasteiger partial charge in [-0.05, 0) is 18.2 Å². The fourth-order valence-corrected chi connectivity index (χ4v) is 1.13. The highest BCUT2D eigenvalue weighted by molar-refractivity contribution is 5.96. The van der Waals surface area contributed by atoms with E-state index in [1.54, 1.807) is 0 Å². The van der Waals surface area contributed by atoms with Crippen LogP contribution in [-0.4, -0.2) is 13.0 Å². The smallest absolute Gasteiger partial charge is 0.399 e. The van der Waals surface area contributed by atoms with Crippen molar-refractivity contribution in [1.29, 1.82) is 0 Å². The quantitative estimate of drug-likeness (QED) is 0.704. The molecule has 0 atom stereocenters. The largest absolute Gasteiger partial charge is 0.417 e. The lowest BCUT2D eigenvalue weighted by Crippen LogP contribution is -2.22. The number of anilines is 1. The van der Waals surface area contributed by atoms with Crippen molar-refractivity contribution in [2.45, 2.75) is 6.18 Å². The Bertz CT molecular complexity index is 387. The van der Waals surface area contributed by atoms with Gasteiger partial charge in [0.2, 0.25) is 0 Å². The molecule has 0 aliphatic heterocycles. The first kappa shape index (κ1) is 11.4. The van der Waals surface area contributed by atoms with Crippen molar-refractivity contribution in [2.24, 2.45) is 0 Å². The monoisotopic (exact) mass is 218 g/mol. The van der Waals surface area contributed by atoms with Crippen molar-refractivity contribution in [3.63, 3.8) is 0 Å². The number of amides is 1. The molecule has 0 aliphatic rings. The molecule has 0 saturated heterocycles. The molecule has 6 heteroatoms. The predicted octanol–water partition coefficient (Wildman–Crippen LogP) is 1.65. The number of nitrogen functional groups attached to an aromatic ring is 1. The van der Waals surface area contributed by atoms with Crippen LogP contribution in [0.4, 0.5) is 18.9 Å². The molecule has 82 valence electrons. The zero-order chi connectivity index (χ0) is 11.6. The van der Waals surface area contributed by atoms with Crippen LogP contribution in [0.15, 0.2) is 18.2 Å². The van der Waals surface area contributed by atoms with Gasteiger partial charge in [-0.1, -0.05) is 0 Å². The third kappa shape index (κ3) is 2.39. The van der Waals surface area contributed by atoms with Crippen molar-refractivity contribution < 1.29 is 18.0 Å². The SMILES string of the molecule is CNC(=O)c1cc(N)ccc1C(F)(F)F. The second kappa shape index (κ2) is 3.80. The van der Waals surface area contributed by atoms with Gasteiger partial charge in [-0.25, -0.2) is 0 Å². The van der Waals surface area contributed by atoms with Crippen LogP contribution in [0, 0.1) is 0 Å². The van der Waals surface area contributed by atoms with Gasteiger partial charge >= 0.3 is 6.18 Å². The van der Waals surface area contributed by atoms with Crippen molar-refractivity contribution in [3.8, 4) is 0 Å². The Morgan fingerprint density at radius 2 is 2.00 bits per heavy atom. The standard InChI is InChI=1S/C9H9F3N2O/c1-14-8(15)6-4-5(13)2-3-7(6)9(10,11)12/h2-4H,13H2,1H3,(H,14,15). The number of rotatable bonds is 1. The summed E-state index contributed by atoms with van der Waals surface area (Å²) in [5, 5.41) is 2.13. The molecule has 3 N–H and O–H groups in total. The lowest BCUT2D eigenvalue weighted by Gasteiger charge is -2.12. The second-order valence-electron chi connectivity index (χ2n) is 2.88. The molecule has 0 aliphatic carbocycles. The molecule has 1 aromatic carbocycles. The van der Waals surface area contributed by atoms with Crippen LogP contribution in [0.5, 0.6) is 0 Å². The Balaban J connectivity index is 3.33. The number of hydrogen-bond donors (Lipinski definition) is 2. The van der Waals surface area contributed by atoms with E-state index in [1.807, 2.05) is 0 Å². The minimum atomic E-state index is -4.56. The molecule has 0 fully saturated rings. The maximum atomic E-state index is 12.5. The topological polar surface area (TPSA) is 55.1 Å². The number of carbonyl (C=O) groups is 1. The summed E-state index contributed by atoms with van der Waals surface area (Å²) in [6.07, 6.45) is -4.56. The normalized spacial score (nSPS) is 11.2. The molecule has 1 amide bonds. The van der Waals surface area contributed by atoms with Crippen LogP contribution in [-0.2, 0) is 6.18 Å². The van der Waals surface area contributed by atoms with Gasteiger partial charge in [-0.3, -0.25) is 4.79 Å². The molecule has 0 bridgehead atoms. The summed E-state index contributed by atoms with van der Waals surface area (Å²) in [6, 6.07) is 2.90. The van der Waals surface area contributed by atoms with E-state index in [0.29, 0.717) is 0 Å². The number of carbonyl (C=O) groups excluding carboxylic acids is 1. The van der Waals surface area contributed by atoms with E-state index in [-0.39, 0.29) is 5.69 Å². The molecule has 0 unspecified atom stereocenters. The summed E-state index contributed by atoms with van der Waals surface area (Å²) in [4.78, 5) is 11.2. The van der Waals surface area contributed by atoms with Gasteiger partial charge in [0.25, 0.3) is 5.91 Å². The molecular formula is C9H9F3N2O. The average Bonchev–Trinajstić information content (AvgIpc) is 2.14. The van der Waals surface area contributed by atoms with E-state index < -0.39 is 23.2 Å². The molecule has 1 aromatic rings. The Labute approximate surface area is 84.1 Å². The molecular weight excluding hydrogens is 209 g/mol. The maximum Gasteiger partial charge on any atom is 0.417 e. The first-order valence-electron chi connectivity index (χ1n) is 4.05. The highest BCUT2D eigenvalue weighted by Gasteiger charge is 2.34. The van der Waals surface area contributed by atoms with E-state index >= 15 is 0 Å². The first-order valence-corrected chi connectivity index (χ1v) is 4.05. The van der Waals surface area contributed by atoms with Crippen LogP contribution >= 0.6 is 0 Å². The fourth-order valence-electron chi connectivity index (χ4n) is 1.13. The first-order chi connectivity index (χ1) is 6.86. The Hall–Kier alpha value is -1.72. The van der Waals surface area contributed by atoms with E-state index in [9.17, 15) is 18.0 Å². The van der Waals surface area contributed by atoms with E-state index in [0.717, 1.165) is 18.2 Å². The van der Waals surface area contributed by atoms with Crippen LogP contribution in [0.25, 0.3) is 0 Å². The van der Waals surface area contributed by atoms with E-state index in [4.69, 9.17) is 5.73 Å². The Morgan fingerprint density at radius 1 is 1.40 bits per heavy atom. The number of nitrogens with two attached hydrogens (primary N) is 1. The summed E-state index contributed by atoms with van der Waals surface area (Å²) >= 11 is 0. The summed E-state index contributed by atoms with van der Waals surface area (Å²) in [5.74, 6) is -0.811. The summed E-state index contributed by atoms with van der Waals surface area (Å²) in [6.45, 7) is 0. The molecule has 15 heavy (non-hydrogen) atoms. The van der Waals surface area contributed by atoms with Gasteiger partial charge in [0, 0.05) is 12.7 Å². The van der Waals surface area contributed by atoms with Crippen molar-refractivity contribution in [1.82, 2.24) is 5.32 Å². The van der Waals surface area contributed by atoms with Gasteiger partial charge in [0.1, 0.15) is 0 Å². The zero-order valence-electron chi connectivity index (χ0n) is 7.85. The number of benzene rings is 1. The molecule has 1 rings (SSSR count). The molecule has 3 nitrogen and oxygen atoms in total. The van der Waals surface area contributed by atoms with E-state index in [1.165, 1.54) is 7.05 Å². The molecule has 0 spiro atoms. The third-order valence-corrected chi connectivity index (χ3v) is 1.82. The van der Waals surface area contributed by atoms with Crippen LogP contribution in [0.2, 0.25) is 0 Å². The second-order valence-corrected chi connectivity index (χ2v) is 2.88. The Morgan fingerprint density at radius 3 is 2.47 bits per heavy atom. The van der Waals surface area contributed by atoms with Crippen LogP contribution in [0.3, 0.4) is 0 Å². The molecule has 0 saturated carbocycles. The van der Waals surface area contributed by atoms with Gasteiger partial charge < -0.3 is 11.1 Å². The Kier molecular flexibility index (Phi) is 2.88. The van der Waals surface area contributed by atoms with E-state index in [2.05, 4.69) is 5.32 Å². The minimum absolute atomic E-state index is 0.113. The van der Waals surface area contributed by atoms with Crippen LogP contribution in [0.1, 0.15) is 15.9 Å². The number of nitrogens with one attached hydrogen (secondary N) is 1.